The molecule has 1 aliphatic heterocycles. The van der Waals surface area contributed by atoms with Gasteiger partial charge in [0.15, 0.2) is 5.65 Å². The van der Waals surface area contributed by atoms with Crippen molar-refractivity contribution in [1.29, 1.82) is 0 Å². The highest BCUT2D eigenvalue weighted by Crippen LogP contribution is 2.32. The van der Waals surface area contributed by atoms with E-state index in [0.717, 1.165) is 70.0 Å². The maximum absolute atomic E-state index is 13.0. The van der Waals surface area contributed by atoms with E-state index < -0.39 is 0 Å². The molecule has 0 spiro atoms. The van der Waals surface area contributed by atoms with E-state index in [-0.39, 0.29) is 17.3 Å². The van der Waals surface area contributed by atoms with Crippen LogP contribution in [0.4, 0.5) is 5.82 Å². The minimum atomic E-state index is -0.284. The van der Waals surface area contributed by atoms with Gasteiger partial charge in [-0.15, -0.1) is 0 Å². The van der Waals surface area contributed by atoms with Crippen LogP contribution >= 0.6 is 0 Å². The van der Waals surface area contributed by atoms with Crippen LogP contribution in [0.5, 0.6) is 0 Å². The molecular weight excluding hydrogens is 410 g/mol. The molecule has 2 fully saturated rings. The molecule has 1 saturated heterocycles. The van der Waals surface area contributed by atoms with Crippen LogP contribution in [0.2, 0.25) is 0 Å². The van der Waals surface area contributed by atoms with Gasteiger partial charge in [-0.3, -0.25) is 18.8 Å². The summed E-state index contributed by atoms with van der Waals surface area (Å²) in [6.45, 7) is 7.80. The second-order valence-electron chi connectivity index (χ2n) is 8.44. The fraction of sp³-hybridized carbons (Fsp3) is 0.545. The van der Waals surface area contributed by atoms with Crippen LogP contribution in [0.1, 0.15) is 32.2 Å². The first-order chi connectivity index (χ1) is 15.7. The topological polar surface area (TPSA) is 110 Å². The largest absolute Gasteiger partial charge is 0.379 e. The van der Waals surface area contributed by atoms with E-state index in [4.69, 9.17) is 4.74 Å². The molecule has 1 saturated carbocycles. The summed E-state index contributed by atoms with van der Waals surface area (Å²) in [5.74, 6) is 1.33. The van der Waals surface area contributed by atoms with Gasteiger partial charge in [-0.2, -0.15) is 0 Å². The maximum Gasteiger partial charge on any atom is 0.333 e. The molecule has 4 heterocycles. The third-order valence-corrected chi connectivity index (χ3v) is 6.04. The molecule has 2 N–H and O–H groups in total. The van der Waals surface area contributed by atoms with Gasteiger partial charge in [-0.25, -0.2) is 14.8 Å². The molecule has 0 amide bonds. The van der Waals surface area contributed by atoms with E-state index in [2.05, 4.69) is 25.2 Å². The summed E-state index contributed by atoms with van der Waals surface area (Å²) in [5, 5.41) is 3.34. The first-order valence-electron chi connectivity index (χ1n) is 11.4. The van der Waals surface area contributed by atoms with E-state index in [9.17, 15) is 9.59 Å². The minimum absolute atomic E-state index is 0.0127. The second kappa shape index (κ2) is 8.87. The van der Waals surface area contributed by atoms with Gasteiger partial charge >= 0.3 is 5.69 Å². The Labute approximate surface area is 185 Å². The molecule has 0 radical (unpaired) electrons. The molecule has 0 aromatic carbocycles. The Kier molecular flexibility index (Phi) is 5.79. The first kappa shape index (κ1) is 20.9. The number of nitrogens with zero attached hydrogens (tertiary/aromatic N) is 5. The molecule has 2 aliphatic rings. The number of hydrogen-bond acceptors (Lipinski definition) is 7. The molecule has 1 aliphatic carbocycles. The van der Waals surface area contributed by atoms with Crippen molar-refractivity contribution in [3.05, 3.63) is 39.2 Å². The molecule has 0 unspecified atom stereocenters. The highest BCUT2D eigenvalue weighted by Gasteiger charge is 2.29. The summed E-state index contributed by atoms with van der Waals surface area (Å²) in [6, 6.07) is 3.84. The number of rotatable bonds is 8. The lowest BCUT2D eigenvalue weighted by atomic mass is 10.2. The number of aromatic nitrogens is 5. The predicted molar refractivity (Wildman–Crippen MR) is 122 cm³/mol. The van der Waals surface area contributed by atoms with Gasteiger partial charge in [-0.05, 0) is 31.4 Å². The van der Waals surface area contributed by atoms with Crippen molar-refractivity contribution in [1.82, 2.24) is 29.0 Å². The average molecular weight is 440 g/mol. The normalized spacial score (nSPS) is 17.2. The van der Waals surface area contributed by atoms with Crippen molar-refractivity contribution in [3.63, 3.8) is 0 Å². The van der Waals surface area contributed by atoms with E-state index in [1.165, 1.54) is 4.57 Å². The van der Waals surface area contributed by atoms with Crippen molar-refractivity contribution in [2.24, 2.45) is 0 Å². The molecule has 10 nitrogen and oxygen atoms in total. The number of imidazole rings is 1. The third kappa shape index (κ3) is 4.07. The van der Waals surface area contributed by atoms with Gasteiger partial charge in [0.1, 0.15) is 17.2 Å². The van der Waals surface area contributed by atoms with Crippen LogP contribution in [0.25, 0.3) is 22.6 Å². The number of morpholine rings is 1. The van der Waals surface area contributed by atoms with Gasteiger partial charge in [0.2, 0.25) is 0 Å². The first-order valence-corrected chi connectivity index (χ1v) is 11.4. The summed E-state index contributed by atoms with van der Waals surface area (Å²) in [7, 11) is 0. The number of fused-ring (bicyclic) bond motifs is 1. The van der Waals surface area contributed by atoms with E-state index >= 15 is 0 Å². The minimum Gasteiger partial charge on any atom is -0.379 e. The van der Waals surface area contributed by atoms with Crippen LogP contribution in [-0.4, -0.2) is 68.4 Å². The van der Waals surface area contributed by atoms with Crippen molar-refractivity contribution in [3.8, 4) is 11.4 Å². The zero-order valence-corrected chi connectivity index (χ0v) is 18.3. The number of aryl methyl sites for hydroxylation is 1. The van der Waals surface area contributed by atoms with Gasteiger partial charge < -0.3 is 15.0 Å². The van der Waals surface area contributed by atoms with Gasteiger partial charge in [0, 0.05) is 50.5 Å². The average Bonchev–Trinajstić information content (AvgIpc) is 3.54. The number of hydrogen-bond donors (Lipinski definition) is 2. The van der Waals surface area contributed by atoms with Crippen molar-refractivity contribution >= 4 is 17.0 Å². The summed E-state index contributed by atoms with van der Waals surface area (Å²) in [6.07, 6.45) is 4.26. The molecule has 170 valence electrons. The fourth-order valence-electron chi connectivity index (χ4n) is 4.16. The monoisotopic (exact) mass is 439 g/mol. The Hall–Kier alpha value is -2.98. The predicted octanol–water partition coefficient (Wildman–Crippen LogP) is 1.44. The Morgan fingerprint density at radius 1 is 1.19 bits per heavy atom. The van der Waals surface area contributed by atoms with E-state index in [0.29, 0.717) is 23.5 Å². The summed E-state index contributed by atoms with van der Waals surface area (Å²) in [4.78, 5) is 40.5. The molecule has 10 heteroatoms. The number of pyridine rings is 1. The SMILES string of the molecule is CCCn1c(=O)n(C2CC2)c(=O)c2[nH]c(-c3ccc(NCCN4CCOCC4)nc3)nc21. The zero-order valence-electron chi connectivity index (χ0n) is 18.3. The Morgan fingerprint density at radius 2 is 2.00 bits per heavy atom. The van der Waals surface area contributed by atoms with Crippen LogP contribution in [0.3, 0.4) is 0 Å². The van der Waals surface area contributed by atoms with Crippen LogP contribution in [0, 0.1) is 0 Å². The lowest BCUT2D eigenvalue weighted by Crippen LogP contribution is -2.39. The smallest absolute Gasteiger partial charge is 0.333 e. The van der Waals surface area contributed by atoms with Crippen molar-refractivity contribution < 1.29 is 4.74 Å². The number of aromatic amines is 1. The molecular formula is C22H29N7O3. The summed E-state index contributed by atoms with van der Waals surface area (Å²) < 4.78 is 8.38. The highest BCUT2D eigenvalue weighted by molar-refractivity contribution is 5.75. The van der Waals surface area contributed by atoms with E-state index in [1.54, 1.807) is 10.8 Å². The molecule has 5 rings (SSSR count). The summed E-state index contributed by atoms with van der Waals surface area (Å²) >= 11 is 0. The summed E-state index contributed by atoms with van der Waals surface area (Å²) in [5.41, 5.74) is 1.03. The molecule has 32 heavy (non-hydrogen) atoms. The number of H-pyrrole nitrogens is 1. The molecule has 0 bridgehead atoms. The lowest BCUT2D eigenvalue weighted by molar-refractivity contribution is 0.0398. The Morgan fingerprint density at radius 3 is 2.69 bits per heavy atom. The maximum atomic E-state index is 13.0. The molecule has 0 atom stereocenters. The quantitative estimate of drug-likeness (QED) is 0.546. The lowest BCUT2D eigenvalue weighted by Gasteiger charge is -2.26. The third-order valence-electron chi connectivity index (χ3n) is 6.04. The van der Waals surface area contributed by atoms with Gasteiger partial charge in [0.25, 0.3) is 5.56 Å². The Bertz CT molecular complexity index is 1200. The fourth-order valence-corrected chi connectivity index (χ4v) is 4.16. The van der Waals surface area contributed by atoms with Crippen molar-refractivity contribution in [2.75, 3.05) is 44.7 Å². The molecule has 3 aromatic heterocycles. The van der Waals surface area contributed by atoms with Crippen LogP contribution in [0.15, 0.2) is 27.9 Å². The van der Waals surface area contributed by atoms with Crippen LogP contribution < -0.4 is 16.6 Å². The van der Waals surface area contributed by atoms with Crippen LogP contribution in [-0.2, 0) is 11.3 Å². The Balaban J connectivity index is 1.37. The van der Waals surface area contributed by atoms with E-state index in [1.807, 2.05) is 19.1 Å². The standard InChI is InChI=1S/C22H29N7O3/c1-2-8-28-20-18(21(30)29(22(28)31)16-4-5-16)25-19(26-20)15-3-6-17(24-14-15)23-7-9-27-10-12-32-13-11-27/h3,6,14,16H,2,4-5,7-13H2,1H3,(H,23,24)(H,25,26). The second-order valence-corrected chi connectivity index (χ2v) is 8.44. The number of anilines is 1. The van der Waals surface area contributed by atoms with Crippen molar-refractivity contribution in [2.45, 2.75) is 38.8 Å². The highest BCUT2D eigenvalue weighted by atomic mass is 16.5. The molecule has 3 aromatic rings. The number of nitrogens with one attached hydrogen (secondary N) is 2. The van der Waals surface area contributed by atoms with Gasteiger partial charge in [0.05, 0.1) is 13.2 Å². The zero-order chi connectivity index (χ0) is 22.1. The number of ether oxygens (including phenoxy) is 1. The van der Waals surface area contributed by atoms with Gasteiger partial charge in [-0.1, -0.05) is 6.92 Å².